The van der Waals surface area contributed by atoms with Gasteiger partial charge in [0.1, 0.15) is 30.3 Å². The Labute approximate surface area is 203 Å². The van der Waals surface area contributed by atoms with Crippen molar-refractivity contribution in [1.29, 1.82) is 0 Å². The second-order valence-electron chi connectivity index (χ2n) is 9.50. The highest BCUT2D eigenvalue weighted by Crippen LogP contribution is 2.29. The number of hydrogen-bond acceptors (Lipinski definition) is 5. The van der Waals surface area contributed by atoms with Crippen LogP contribution < -0.4 is 9.47 Å². The molecule has 0 amide bonds. The van der Waals surface area contributed by atoms with Crippen molar-refractivity contribution in [3.8, 4) is 11.5 Å². The lowest BCUT2D eigenvalue weighted by molar-refractivity contribution is -0.0840. The molecule has 0 bridgehead atoms. The summed E-state index contributed by atoms with van der Waals surface area (Å²) >= 11 is 0. The lowest BCUT2D eigenvalue weighted by Gasteiger charge is -2.40. The third-order valence-electron chi connectivity index (χ3n) is 6.68. The summed E-state index contributed by atoms with van der Waals surface area (Å²) < 4.78 is 20.1. The highest BCUT2D eigenvalue weighted by atomic mass is 16.5. The Hall–Kier alpha value is -2.83. The van der Waals surface area contributed by atoms with Crippen molar-refractivity contribution < 1.29 is 14.2 Å². The number of ether oxygens (including phenoxy) is 3. The summed E-state index contributed by atoms with van der Waals surface area (Å²) in [4.78, 5) is 2.49. The number of nitrogens with zero attached hydrogens (tertiary/aromatic N) is 3. The van der Waals surface area contributed by atoms with E-state index in [0.29, 0.717) is 13.2 Å². The highest BCUT2D eigenvalue weighted by molar-refractivity contribution is 5.35. The van der Waals surface area contributed by atoms with E-state index in [1.54, 1.807) is 0 Å². The van der Waals surface area contributed by atoms with Crippen LogP contribution in [0.3, 0.4) is 0 Å². The van der Waals surface area contributed by atoms with Crippen LogP contribution in [0.4, 0.5) is 0 Å². The summed E-state index contributed by atoms with van der Waals surface area (Å²) in [7, 11) is 1.81. The minimum atomic E-state index is -0.232. The number of piperidine rings is 1. The molecule has 1 saturated heterocycles. The molecule has 0 spiro atoms. The van der Waals surface area contributed by atoms with Gasteiger partial charge in [-0.25, -0.2) is 0 Å². The first kappa shape index (κ1) is 24.3. The summed E-state index contributed by atoms with van der Waals surface area (Å²) in [6, 6.07) is 14.7. The van der Waals surface area contributed by atoms with Crippen LogP contribution in [-0.4, -0.2) is 53.7 Å². The van der Waals surface area contributed by atoms with Gasteiger partial charge in [0.2, 0.25) is 0 Å². The van der Waals surface area contributed by atoms with Gasteiger partial charge in [-0.15, -0.1) is 0 Å². The fraction of sp³-hybridized carbons (Fsp3) is 0.464. The fourth-order valence-electron chi connectivity index (χ4n) is 4.53. The van der Waals surface area contributed by atoms with Crippen LogP contribution >= 0.6 is 0 Å². The molecule has 34 heavy (non-hydrogen) atoms. The first-order chi connectivity index (χ1) is 16.4. The number of aryl methyl sites for hydroxylation is 3. The summed E-state index contributed by atoms with van der Waals surface area (Å²) in [6.07, 6.45) is 5.80. The average Bonchev–Trinajstić information content (AvgIpc) is 3.25. The molecule has 4 rings (SSSR count). The normalized spacial score (nSPS) is 15.9. The van der Waals surface area contributed by atoms with Gasteiger partial charge < -0.3 is 14.2 Å². The molecule has 0 atom stereocenters. The smallest absolute Gasteiger partial charge is 0.122 e. The first-order valence-electron chi connectivity index (χ1n) is 12.1. The molecule has 182 valence electrons. The van der Waals surface area contributed by atoms with Crippen molar-refractivity contribution >= 4 is 0 Å². The van der Waals surface area contributed by atoms with Crippen molar-refractivity contribution in [3.63, 3.8) is 0 Å². The van der Waals surface area contributed by atoms with Gasteiger partial charge in [-0.1, -0.05) is 29.8 Å². The predicted octanol–water partition coefficient (Wildman–Crippen LogP) is 4.95. The Bertz CT molecular complexity index is 1070. The van der Waals surface area contributed by atoms with Crippen LogP contribution in [0.25, 0.3) is 0 Å². The lowest BCUT2D eigenvalue weighted by Crippen LogP contribution is -2.48. The van der Waals surface area contributed by atoms with Crippen molar-refractivity contribution in [2.24, 2.45) is 0 Å². The number of rotatable bonds is 10. The second-order valence-corrected chi connectivity index (χ2v) is 9.50. The Balaban J connectivity index is 1.26. The molecule has 0 saturated carbocycles. The first-order valence-corrected chi connectivity index (χ1v) is 12.1. The number of benzene rings is 2. The number of methoxy groups -OCH3 is 1. The van der Waals surface area contributed by atoms with Crippen LogP contribution in [0, 0.1) is 20.8 Å². The Kier molecular flexibility index (Phi) is 7.91. The molecule has 2 heterocycles. The van der Waals surface area contributed by atoms with E-state index in [0.717, 1.165) is 56.1 Å². The quantitative estimate of drug-likeness (QED) is 0.426. The molecule has 0 radical (unpaired) electrons. The maximum atomic E-state index is 6.20. The van der Waals surface area contributed by atoms with Crippen molar-refractivity contribution in [2.75, 3.05) is 33.4 Å². The topological polar surface area (TPSA) is 48.8 Å². The number of hydrogen-bond donors (Lipinski definition) is 0. The number of aromatic nitrogens is 2. The molecule has 1 aliphatic heterocycles. The largest absolute Gasteiger partial charge is 0.492 e. The molecule has 1 aromatic heterocycles. The monoisotopic (exact) mass is 463 g/mol. The van der Waals surface area contributed by atoms with Gasteiger partial charge in [-0.2, -0.15) is 5.10 Å². The van der Waals surface area contributed by atoms with E-state index >= 15 is 0 Å². The van der Waals surface area contributed by atoms with Crippen LogP contribution in [-0.2, 0) is 17.8 Å². The van der Waals surface area contributed by atoms with Crippen LogP contribution in [0.2, 0.25) is 0 Å². The molecular formula is C28H37N3O3. The zero-order valence-corrected chi connectivity index (χ0v) is 20.9. The van der Waals surface area contributed by atoms with Crippen molar-refractivity contribution in [1.82, 2.24) is 14.7 Å². The third-order valence-corrected chi connectivity index (χ3v) is 6.68. The SMILES string of the molecule is COC1(COc2ccc(C)cc2C)CCN(Cc2cccc(OCCn3cc(C)cn3)c2)CC1. The molecule has 0 N–H and O–H groups in total. The molecule has 1 aliphatic rings. The molecule has 0 aliphatic carbocycles. The highest BCUT2D eigenvalue weighted by Gasteiger charge is 2.35. The van der Waals surface area contributed by atoms with E-state index in [4.69, 9.17) is 14.2 Å². The molecule has 0 unspecified atom stereocenters. The predicted molar refractivity (Wildman–Crippen MR) is 135 cm³/mol. The summed E-state index contributed by atoms with van der Waals surface area (Å²) in [6.45, 7) is 11.0. The molecule has 6 nitrogen and oxygen atoms in total. The molecule has 2 aromatic carbocycles. The maximum Gasteiger partial charge on any atom is 0.122 e. The zero-order chi connectivity index (χ0) is 24.0. The second kappa shape index (κ2) is 11.1. The van der Waals surface area contributed by atoms with E-state index in [1.165, 1.54) is 16.7 Å². The summed E-state index contributed by atoms with van der Waals surface area (Å²) in [5.74, 6) is 1.86. The van der Waals surface area contributed by atoms with Crippen molar-refractivity contribution in [3.05, 3.63) is 77.1 Å². The standard InChI is InChI=1S/C28H37N3O3/c1-22-8-9-27(24(3)16-22)34-21-28(32-4)10-12-30(13-11-28)20-25-6-5-7-26(17-25)33-15-14-31-19-23(2)18-29-31/h5-9,16-19H,10-15,20-21H2,1-4H3. The minimum absolute atomic E-state index is 0.232. The van der Waals surface area contributed by atoms with E-state index in [-0.39, 0.29) is 5.60 Å². The Morgan fingerprint density at radius 1 is 0.971 bits per heavy atom. The molecule has 1 fully saturated rings. The fourth-order valence-corrected chi connectivity index (χ4v) is 4.53. The summed E-state index contributed by atoms with van der Waals surface area (Å²) in [5, 5.41) is 4.31. The van der Waals surface area contributed by atoms with Gasteiger partial charge in [0, 0.05) is 32.9 Å². The van der Waals surface area contributed by atoms with Crippen LogP contribution in [0.15, 0.2) is 54.9 Å². The molecular weight excluding hydrogens is 426 g/mol. The van der Waals surface area contributed by atoms with Crippen molar-refractivity contribution in [2.45, 2.75) is 52.3 Å². The lowest BCUT2D eigenvalue weighted by atomic mass is 9.91. The van der Waals surface area contributed by atoms with E-state index in [1.807, 2.05) is 37.2 Å². The van der Waals surface area contributed by atoms with Gasteiger partial charge in [0.15, 0.2) is 0 Å². The minimum Gasteiger partial charge on any atom is -0.492 e. The number of likely N-dealkylation sites (tertiary alicyclic amines) is 1. The zero-order valence-electron chi connectivity index (χ0n) is 20.9. The molecule has 3 aromatic rings. The molecule has 6 heteroatoms. The van der Waals surface area contributed by atoms with Gasteiger partial charge >= 0.3 is 0 Å². The Morgan fingerprint density at radius 3 is 2.50 bits per heavy atom. The van der Waals surface area contributed by atoms with E-state index in [9.17, 15) is 0 Å². The van der Waals surface area contributed by atoms with Gasteiger partial charge in [0.05, 0.1) is 12.7 Å². The van der Waals surface area contributed by atoms with Gasteiger partial charge in [0.25, 0.3) is 0 Å². The van der Waals surface area contributed by atoms with E-state index in [2.05, 4.69) is 60.2 Å². The van der Waals surface area contributed by atoms with E-state index < -0.39 is 0 Å². The average molecular weight is 464 g/mol. The Morgan fingerprint density at radius 2 is 1.79 bits per heavy atom. The van der Waals surface area contributed by atoms with Gasteiger partial charge in [-0.3, -0.25) is 9.58 Å². The van der Waals surface area contributed by atoms with Crippen LogP contribution in [0.1, 0.15) is 35.1 Å². The maximum absolute atomic E-state index is 6.20. The third kappa shape index (κ3) is 6.39. The van der Waals surface area contributed by atoms with Gasteiger partial charge in [-0.05, 0) is 68.5 Å². The summed E-state index contributed by atoms with van der Waals surface area (Å²) in [5.41, 5.74) is 4.62. The van der Waals surface area contributed by atoms with Crippen LogP contribution in [0.5, 0.6) is 11.5 Å².